The molecule has 1 amide bonds. The number of nitrogens with two attached hydrogens (primary N) is 1. The molecule has 1 rings (SSSR count). The molecule has 0 aromatic heterocycles. The molecule has 0 fully saturated rings. The van der Waals surface area contributed by atoms with Crippen LogP contribution in [0.1, 0.15) is 20.8 Å². The number of rotatable bonds is 1. The smallest absolute Gasteiger partial charge is 0.269 e. The van der Waals surface area contributed by atoms with Crippen molar-refractivity contribution in [2.24, 2.45) is 5.73 Å². The van der Waals surface area contributed by atoms with E-state index in [2.05, 4.69) is 5.73 Å². The number of para-hydroxylation sites is 1. The van der Waals surface area contributed by atoms with Crippen molar-refractivity contribution in [1.29, 1.82) is 0 Å². The Morgan fingerprint density at radius 3 is 1.80 bits per heavy atom. The van der Waals surface area contributed by atoms with Crippen molar-refractivity contribution in [3.05, 3.63) is 40.4 Å². The van der Waals surface area contributed by atoms with Gasteiger partial charge in [-0.2, -0.15) is 0 Å². The minimum atomic E-state index is -0.417. The molecular weight excluding hydrogens is 196 g/mol. The largest absolute Gasteiger partial charge is 0.370 e. The highest BCUT2D eigenvalue weighted by molar-refractivity contribution is 5.70. The fourth-order valence-electron chi connectivity index (χ4n) is 0.550. The lowest BCUT2D eigenvalue weighted by molar-refractivity contribution is -0.384. The van der Waals surface area contributed by atoms with Crippen LogP contribution in [0.4, 0.5) is 5.69 Å². The number of carbonyl (C=O) groups excluding carboxylic acids is 1. The van der Waals surface area contributed by atoms with Crippen molar-refractivity contribution in [3.63, 3.8) is 0 Å². The summed E-state index contributed by atoms with van der Waals surface area (Å²) in [5.41, 5.74) is 4.61. The maximum Gasteiger partial charge on any atom is 0.269 e. The number of nitro benzene ring substituents is 1. The fourth-order valence-corrected chi connectivity index (χ4v) is 0.550. The first-order valence-electron chi connectivity index (χ1n) is 4.49. The quantitative estimate of drug-likeness (QED) is 0.571. The number of non-ortho nitro benzene ring substituents is 1. The molecule has 0 saturated carbocycles. The number of nitro groups is 1. The summed E-state index contributed by atoms with van der Waals surface area (Å²) in [6, 6.07) is 7.93. The van der Waals surface area contributed by atoms with Crippen LogP contribution in [0, 0.1) is 10.1 Å². The monoisotopic (exact) mass is 212 g/mol. The molecule has 0 bridgehead atoms. The van der Waals surface area contributed by atoms with Crippen molar-refractivity contribution < 1.29 is 9.72 Å². The van der Waals surface area contributed by atoms with Crippen LogP contribution < -0.4 is 5.73 Å². The molecule has 5 nitrogen and oxygen atoms in total. The Labute approximate surface area is 89.1 Å². The minimum Gasteiger partial charge on any atom is -0.370 e. The second kappa shape index (κ2) is 10.2. The Morgan fingerprint density at radius 2 is 1.60 bits per heavy atom. The zero-order chi connectivity index (χ0) is 12.3. The van der Waals surface area contributed by atoms with Gasteiger partial charge >= 0.3 is 0 Å². The second-order valence-electron chi connectivity index (χ2n) is 2.20. The van der Waals surface area contributed by atoms with Crippen LogP contribution in [0.25, 0.3) is 0 Å². The molecule has 0 unspecified atom stereocenters. The number of benzene rings is 1. The van der Waals surface area contributed by atoms with Gasteiger partial charge in [0.15, 0.2) is 0 Å². The van der Waals surface area contributed by atoms with Crippen LogP contribution in [0.15, 0.2) is 30.3 Å². The van der Waals surface area contributed by atoms with E-state index in [0.29, 0.717) is 0 Å². The number of hydrogen-bond donors (Lipinski definition) is 1. The Morgan fingerprint density at radius 1 is 1.27 bits per heavy atom. The standard InChI is InChI=1S/C6H5NO2.C2H5NO.C2H6/c8-7(9)6-4-2-1-3-5-6;1-2(3)4;1-2/h1-5H;1H3,(H2,3,4);1-2H3. The van der Waals surface area contributed by atoms with Gasteiger partial charge < -0.3 is 5.73 Å². The number of nitrogens with zero attached hydrogens (tertiary/aromatic N) is 1. The Kier molecular flexibility index (Phi) is 10.6. The maximum atomic E-state index is 10.0. The highest BCUT2D eigenvalue weighted by atomic mass is 16.6. The summed E-state index contributed by atoms with van der Waals surface area (Å²) >= 11 is 0. The second-order valence-corrected chi connectivity index (χ2v) is 2.20. The molecule has 0 aliphatic heterocycles. The van der Waals surface area contributed by atoms with E-state index in [1.807, 2.05) is 13.8 Å². The van der Waals surface area contributed by atoms with E-state index in [9.17, 15) is 14.9 Å². The van der Waals surface area contributed by atoms with Crippen molar-refractivity contribution in [2.75, 3.05) is 0 Å². The van der Waals surface area contributed by atoms with Crippen LogP contribution in [-0.2, 0) is 4.79 Å². The van der Waals surface area contributed by atoms with Crippen molar-refractivity contribution >= 4 is 11.6 Å². The fraction of sp³-hybridized carbons (Fsp3) is 0.300. The molecule has 0 aliphatic carbocycles. The highest BCUT2D eigenvalue weighted by Gasteiger charge is 1.98. The van der Waals surface area contributed by atoms with Crippen LogP contribution >= 0.6 is 0 Å². The third-order valence-corrected chi connectivity index (χ3v) is 0.967. The molecule has 2 N–H and O–H groups in total. The summed E-state index contributed by atoms with van der Waals surface area (Å²) in [4.78, 5) is 18.8. The van der Waals surface area contributed by atoms with E-state index >= 15 is 0 Å². The van der Waals surface area contributed by atoms with E-state index in [1.54, 1.807) is 18.2 Å². The lowest BCUT2D eigenvalue weighted by Crippen LogP contribution is -2.01. The molecule has 1 aromatic rings. The van der Waals surface area contributed by atoms with Gasteiger partial charge in [0.05, 0.1) is 4.92 Å². The molecule has 84 valence electrons. The minimum absolute atomic E-state index is 0.137. The summed E-state index contributed by atoms with van der Waals surface area (Å²) < 4.78 is 0. The lowest BCUT2D eigenvalue weighted by Gasteiger charge is -1.85. The topological polar surface area (TPSA) is 86.2 Å². The molecule has 0 saturated heterocycles. The van der Waals surface area contributed by atoms with Gasteiger partial charge in [0.1, 0.15) is 0 Å². The molecule has 15 heavy (non-hydrogen) atoms. The van der Waals surface area contributed by atoms with Crippen LogP contribution in [0.3, 0.4) is 0 Å². The molecule has 0 spiro atoms. The van der Waals surface area contributed by atoms with Gasteiger partial charge in [-0.05, 0) is 0 Å². The first-order chi connectivity index (χ1) is 7.04. The first kappa shape index (κ1) is 15.6. The normalized spacial score (nSPS) is 7.40. The van der Waals surface area contributed by atoms with Crippen LogP contribution in [-0.4, -0.2) is 10.8 Å². The number of carbonyl (C=O) groups is 1. The Balaban J connectivity index is 0. The maximum absolute atomic E-state index is 10.0. The predicted molar refractivity (Wildman–Crippen MR) is 59.3 cm³/mol. The van der Waals surface area contributed by atoms with Gasteiger partial charge in [0.2, 0.25) is 5.91 Å². The van der Waals surface area contributed by atoms with E-state index in [-0.39, 0.29) is 11.6 Å². The van der Waals surface area contributed by atoms with E-state index in [4.69, 9.17) is 0 Å². The van der Waals surface area contributed by atoms with Crippen molar-refractivity contribution in [2.45, 2.75) is 20.8 Å². The summed E-state index contributed by atoms with van der Waals surface area (Å²) in [7, 11) is 0. The number of amides is 1. The summed E-state index contributed by atoms with van der Waals surface area (Å²) in [5.74, 6) is -0.333. The SMILES string of the molecule is CC.CC(N)=O.O=[N+]([O-])c1ccccc1. The Bertz CT molecular complexity index is 282. The predicted octanol–water partition coefficient (Wildman–Crippen LogP) is 2.11. The van der Waals surface area contributed by atoms with Crippen molar-refractivity contribution in [3.8, 4) is 0 Å². The molecule has 0 aliphatic rings. The third kappa shape index (κ3) is 12.1. The van der Waals surface area contributed by atoms with Crippen LogP contribution in [0.5, 0.6) is 0 Å². The number of hydrogen-bond acceptors (Lipinski definition) is 3. The Hall–Kier alpha value is -1.91. The zero-order valence-corrected chi connectivity index (χ0v) is 9.14. The van der Waals surface area contributed by atoms with Gasteiger partial charge in [0.25, 0.3) is 5.69 Å². The molecular formula is C10H16N2O3. The number of primary amides is 1. The molecule has 1 aromatic carbocycles. The first-order valence-corrected chi connectivity index (χ1v) is 4.49. The zero-order valence-electron chi connectivity index (χ0n) is 9.14. The highest BCUT2D eigenvalue weighted by Crippen LogP contribution is 2.06. The van der Waals surface area contributed by atoms with E-state index in [0.717, 1.165) is 0 Å². The van der Waals surface area contributed by atoms with Crippen LogP contribution in [0.2, 0.25) is 0 Å². The third-order valence-electron chi connectivity index (χ3n) is 0.967. The summed E-state index contributed by atoms with van der Waals surface area (Å²) in [6.07, 6.45) is 0. The average molecular weight is 212 g/mol. The summed E-state index contributed by atoms with van der Waals surface area (Å²) in [6.45, 7) is 5.31. The van der Waals surface area contributed by atoms with Gasteiger partial charge in [-0.15, -0.1) is 0 Å². The van der Waals surface area contributed by atoms with Gasteiger partial charge in [-0.3, -0.25) is 14.9 Å². The van der Waals surface area contributed by atoms with Gasteiger partial charge in [-0.25, -0.2) is 0 Å². The molecule has 0 atom stereocenters. The molecule has 0 radical (unpaired) electrons. The van der Waals surface area contributed by atoms with E-state index in [1.165, 1.54) is 19.1 Å². The average Bonchev–Trinajstić information content (AvgIpc) is 2.21. The molecule has 0 heterocycles. The van der Waals surface area contributed by atoms with Gasteiger partial charge in [0, 0.05) is 19.1 Å². The van der Waals surface area contributed by atoms with Crippen molar-refractivity contribution in [1.82, 2.24) is 0 Å². The summed E-state index contributed by atoms with van der Waals surface area (Å²) in [5, 5.41) is 10.0. The van der Waals surface area contributed by atoms with Gasteiger partial charge in [-0.1, -0.05) is 32.0 Å². The van der Waals surface area contributed by atoms with E-state index < -0.39 is 4.92 Å². The lowest BCUT2D eigenvalue weighted by atomic mass is 10.3. The molecule has 5 heteroatoms.